The Morgan fingerprint density at radius 3 is 2.46 bits per heavy atom. The second-order valence-electron chi connectivity index (χ2n) is 7.12. The lowest BCUT2D eigenvalue weighted by molar-refractivity contribution is -0.131. The zero-order chi connectivity index (χ0) is 19.5. The Kier molecular flexibility index (Phi) is 5.19. The highest BCUT2D eigenvalue weighted by Gasteiger charge is 2.25. The monoisotopic (exact) mass is 381 g/mol. The van der Waals surface area contributed by atoms with Crippen molar-refractivity contribution in [1.29, 1.82) is 0 Å². The number of carbonyl (C=O) groups is 1. The van der Waals surface area contributed by atoms with Gasteiger partial charge in [-0.1, -0.05) is 18.2 Å². The topological polar surface area (TPSA) is 38.1 Å². The molecule has 0 spiro atoms. The van der Waals surface area contributed by atoms with Gasteiger partial charge in [-0.05, 0) is 60.2 Å². The predicted octanol–water partition coefficient (Wildman–Crippen LogP) is 4.10. The molecule has 0 atom stereocenters. The molecule has 0 bridgehead atoms. The maximum absolute atomic E-state index is 13.8. The Bertz CT molecular complexity index is 960. The standard InChI is InChI=1S/C22H21F2N3O/c23-19-5-7-20(8-6-19)27-15-18(14-25-27)16-9-11-26(12-10-16)22(28)13-17-3-1-2-4-21(17)24/h1-8,14-16H,9-13H2. The molecule has 0 N–H and O–H groups in total. The Morgan fingerprint density at radius 2 is 1.75 bits per heavy atom. The minimum atomic E-state index is -0.334. The second-order valence-corrected chi connectivity index (χ2v) is 7.12. The maximum Gasteiger partial charge on any atom is 0.227 e. The van der Waals surface area contributed by atoms with Crippen molar-refractivity contribution in [2.75, 3.05) is 13.1 Å². The summed E-state index contributed by atoms with van der Waals surface area (Å²) in [6, 6.07) is 12.6. The molecular formula is C22H21F2N3O. The summed E-state index contributed by atoms with van der Waals surface area (Å²) in [5.74, 6) is -0.320. The van der Waals surface area contributed by atoms with Gasteiger partial charge in [0.1, 0.15) is 11.6 Å². The fourth-order valence-corrected chi connectivity index (χ4v) is 3.66. The largest absolute Gasteiger partial charge is 0.342 e. The van der Waals surface area contributed by atoms with E-state index >= 15 is 0 Å². The highest BCUT2D eigenvalue weighted by Crippen LogP contribution is 2.28. The fraction of sp³-hybridized carbons (Fsp3) is 0.273. The van der Waals surface area contributed by atoms with Gasteiger partial charge in [0.15, 0.2) is 0 Å². The number of hydrogen-bond donors (Lipinski definition) is 0. The van der Waals surface area contributed by atoms with Gasteiger partial charge in [0, 0.05) is 19.3 Å². The summed E-state index contributed by atoms with van der Waals surface area (Å²) in [6.07, 6.45) is 5.59. The van der Waals surface area contributed by atoms with E-state index in [2.05, 4.69) is 5.10 Å². The molecule has 1 aliphatic heterocycles. The van der Waals surface area contributed by atoms with Gasteiger partial charge >= 0.3 is 0 Å². The van der Waals surface area contributed by atoms with Crippen molar-refractivity contribution in [3.8, 4) is 5.69 Å². The molecule has 0 unspecified atom stereocenters. The Hall–Kier alpha value is -3.02. The van der Waals surface area contributed by atoms with Crippen LogP contribution >= 0.6 is 0 Å². The number of aromatic nitrogens is 2. The third-order valence-corrected chi connectivity index (χ3v) is 5.31. The zero-order valence-corrected chi connectivity index (χ0v) is 15.4. The van der Waals surface area contributed by atoms with E-state index in [1.165, 1.54) is 18.2 Å². The predicted molar refractivity (Wildman–Crippen MR) is 102 cm³/mol. The van der Waals surface area contributed by atoms with E-state index in [4.69, 9.17) is 0 Å². The first kappa shape index (κ1) is 18.3. The highest BCUT2D eigenvalue weighted by molar-refractivity contribution is 5.79. The maximum atomic E-state index is 13.8. The first-order chi connectivity index (χ1) is 13.6. The van der Waals surface area contributed by atoms with Crippen LogP contribution in [0.4, 0.5) is 8.78 Å². The van der Waals surface area contributed by atoms with E-state index in [0.29, 0.717) is 24.6 Å². The quantitative estimate of drug-likeness (QED) is 0.682. The van der Waals surface area contributed by atoms with Gasteiger partial charge in [-0.2, -0.15) is 5.10 Å². The van der Waals surface area contributed by atoms with Crippen LogP contribution in [0.15, 0.2) is 60.9 Å². The van der Waals surface area contributed by atoms with Crippen molar-refractivity contribution in [3.63, 3.8) is 0 Å². The van der Waals surface area contributed by atoms with Gasteiger partial charge in [0.2, 0.25) is 5.91 Å². The van der Waals surface area contributed by atoms with Crippen LogP contribution in [0.3, 0.4) is 0 Å². The van der Waals surface area contributed by atoms with E-state index in [0.717, 1.165) is 24.1 Å². The molecule has 1 aromatic heterocycles. The molecule has 1 amide bonds. The number of amides is 1. The van der Waals surface area contributed by atoms with Gasteiger partial charge in [-0.3, -0.25) is 4.79 Å². The number of carbonyl (C=O) groups excluding carboxylic acids is 1. The molecule has 1 aliphatic rings. The summed E-state index contributed by atoms with van der Waals surface area (Å²) >= 11 is 0. The lowest BCUT2D eigenvalue weighted by Gasteiger charge is -2.31. The van der Waals surface area contributed by atoms with Gasteiger partial charge in [0.25, 0.3) is 0 Å². The Morgan fingerprint density at radius 1 is 1.04 bits per heavy atom. The van der Waals surface area contributed by atoms with E-state index in [1.807, 2.05) is 17.3 Å². The molecule has 0 saturated carbocycles. The number of nitrogens with zero attached hydrogens (tertiary/aromatic N) is 3. The van der Waals surface area contributed by atoms with Crippen LogP contribution in [0.2, 0.25) is 0 Å². The highest BCUT2D eigenvalue weighted by atomic mass is 19.1. The summed E-state index contributed by atoms with van der Waals surface area (Å²) in [6.45, 7) is 1.30. The van der Waals surface area contributed by atoms with Crippen LogP contribution in [-0.2, 0) is 11.2 Å². The van der Waals surface area contributed by atoms with Crippen molar-refractivity contribution in [1.82, 2.24) is 14.7 Å². The van der Waals surface area contributed by atoms with Crippen LogP contribution in [0.5, 0.6) is 0 Å². The number of halogens is 2. The number of hydrogen-bond acceptors (Lipinski definition) is 2. The van der Waals surface area contributed by atoms with Crippen LogP contribution < -0.4 is 0 Å². The molecule has 1 saturated heterocycles. The molecule has 4 nitrogen and oxygen atoms in total. The summed E-state index contributed by atoms with van der Waals surface area (Å²) in [5.41, 5.74) is 2.37. The first-order valence-electron chi connectivity index (χ1n) is 9.42. The average Bonchev–Trinajstić information content (AvgIpc) is 3.20. The van der Waals surface area contributed by atoms with Crippen molar-refractivity contribution < 1.29 is 13.6 Å². The summed E-state index contributed by atoms with van der Waals surface area (Å²) in [7, 11) is 0. The number of rotatable bonds is 4. The van der Waals surface area contributed by atoms with Crippen molar-refractivity contribution in [2.45, 2.75) is 25.2 Å². The normalized spacial score (nSPS) is 15.0. The van der Waals surface area contributed by atoms with Gasteiger partial charge in [-0.25, -0.2) is 13.5 Å². The SMILES string of the molecule is O=C(Cc1ccccc1F)N1CCC(c2cnn(-c3ccc(F)cc3)c2)CC1. The molecule has 1 fully saturated rings. The van der Waals surface area contributed by atoms with Crippen LogP contribution in [0.25, 0.3) is 5.69 Å². The van der Waals surface area contributed by atoms with Gasteiger partial charge in [0.05, 0.1) is 18.3 Å². The summed E-state index contributed by atoms with van der Waals surface area (Å²) in [4.78, 5) is 14.3. The fourth-order valence-electron chi connectivity index (χ4n) is 3.66. The van der Waals surface area contributed by atoms with Gasteiger partial charge < -0.3 is 4.90 Å². The summed E-state index contributed by atoms with van der Waals surface area (Å²) in [5, 5.41) is 4.38. The minimum absolute atomic E-state index is 0.0365. The van der Waals surface area contributed by atoms with Crippen molar-refractivity contribution in [2.24, 2.45) is 0 Å². The average molecular weight is 381 g/mol. The zero-order valence-electron chi connectivity index (χ0n) is 15.4. The molecule has 2 heterocycles. The van der Waals surface area contributed by atoms with E-state index < -0.39 is 0 Å². The lowest BCUT2D eigenvalue weighted by atomic mass is 9.91. The molecule has 28 heavy (non-hydrogen) atoms. The molecular weight excluding hydrogens is 360 g/mol. The van der Waals surface area contributed by atoms with E-state index in [9.17, 15) is 13.6 Å². The molecule has 3 aromatic rings. The second kappa shape index (κ2) is 7.92. The van der Waals surface area contributed by atoms with Gasteiger partial charge in [-0.15, -0.1) is 0 Å². The van der Waals surface area contributed by atoms with Crippen molar-refractivity contribution in [3.05, 3.63) is 83.7 Å². The number of piperidine rings is 1. The van der Waals surface area contributed by atoms with E-state index in [-0.39, 0.29) is 24.0 Å². The van der Waals surface area contributed by atoms with E-state index in [1.54, 1.807) is 35.0 Å². The lowest BCUT2D eigenvalue weighted by Crippen LogP contribution is -2.38. The molecule has 0 radical (unpaired) electrons. The van der Waals surface area contributed by atoms with Crippen LogP contribution in [-0.4, -0.2) is 33.7 Å². The first-order valence-corrected chi connectivity index (χ1v) is 9.42. The third-order valence-electron chi connectivity index (χ3n) is 5.31. The molecule has 0 aliphatic carbocycles. The smallest absolute Gasteiger partial charge is 0.227 e. The Balaban J connectivity index is 1.36. The number of benzene rings is 2. The van der Waals surface area contributed by atoms with Crippen LogP contribution in [0, 0.1) is 11.6 Å². The molecule has 2 aromatic carbocycles. The molecule has 4 rings (SSSR count). The minimum Gasteiger partial charge on any atom is -0.342 e. The third kappa shape index (κ3) is 3.96. The van der Waals surface area contributed by atoms with Crippen molar-refractivity contribution >= 4 is 5.91 Å². The molecule has 6 heteroatoms. The molecule has 144 valence electrons. The summed E-state index contributed by atoms with van der Waals surface area (Å²) < 4.78 is 28.6. The Labute approximate surface area is 162 Å². The number of likely N-dealkylation sites (tertiary alicyclic amines) is 1. The van der Waals surface area contributed by atoms with Crippen LogP contribution in [0.1, 0.15) is 29.9 Å².